The number of nitrogens with zero attached hydrogens (tertiary/aromatic N) is 6. The van der Waals surface area contributed by atoms with Gasteiger partial charge in [-0.15, -0.1) is 0 Å². The van der Waals surface area contributed by atoms with E-state index < -0.39 is 0 Å². The zero-order valence-electron chi connectivity index (χ0n) is 17.9. The van der Waals surface area contributed by atoms with Crippen molar-refractivity contribution in [3.63, 3.8) is 0 Å². The lowest BCUT2D eigenvalue weighted by molar-refractivity contribution is -0.133. The average Bonchev–Trinajstić information content (AvgIpc) is 3.54. The molecule has 3 aliphatic rings. The van der Waals surface area contributed by atoms with Crippen LogP contribution in [0.4, 0.5) is 5.95 Å². The topological polar surface area (TPSA) is 78.6 Å². The minimum absolute atomic E-state index is 0.191. The van der Waals surface area contributed by atoms with Crippen molar-refractivity contribution in [2.24, 2.45) is 5.92 Å². The van der Waals surface area contributed by atoms with Gasteiger partial charge in [-0.3, -0.25) is 4.79 Å². The van der Waals surface area contributed by atoms with Gasteiger partial charge in [-0.1, -0.05) is 5.16 Å². The van der Waals surface area contributed by atoms with Crippen LogP contribution in [0.3, 0.4) is 0 Å². The average molecular weight is 411 g/mol. The summed E-state index contributed by atoms with van der Waals surface area (Å²) in [4.78, 5) is 29.1. The number of hydrogen-bond donors (Lipinski definition) is 0. The van der Waals surface area contributed by atoms with Crippen molar-refractivity contribution in [2.45, 2.75) is 38.5 Å². The Morgan fingerprint density at radius 2 is 1.93 bits per heavy atom. The van der Waals surface area contributed by atoms with Gasteiger partial charge in [-0.05, 0) is 39.7 Å². The molecule has 1 unspecified atom stereocenters. The monoisotopic (exact) mass is 410 g/mol. The molecule has 5 rings (SSSR count). The summed E-state index contributed by atoms with van der Waals surface area (Å²) in [5, 5.41) is 4.06. The van der Waals surface area contributed by atoms with Crippen LogP contribution < -0.4 is 4.90 Å². The van der Waals surface area contributed by atoms with Crippen LogP contribution in [0.1, 0.15) is 43.0 Å². The van der Waals surface area contributed by atoms with Crippen LogP contribution in [-0.2, 0) is 4.79 Å². The van der Waals surface area contributed by atoms with E-state index in [2.05, 4.69) is 31.9 Å². The number of rotatable bonds is 4. The zero-order valence-corrected chi connectivity index (χ0v) is 17.9. The van der Waals surface area contributed by atoms with E-state index >= 15 is 0 Å². The van der Waals surface area contributed by atoms with E-state index in [1.165, 1.54) is 0 Å². The van der Waals surface area contributed by atoms with Crippen molar-refractivity contribution in [1.29, 1.82) is 0 Å². The van der Waals surface area contributed by atoms with Gasteiger partial charge in [0.1, 0.15) is 0 Å². The Kier molecular flexibility index (Phi) is 5.18. The van der Waals surface area contributed by atoms with E-state index in [0.717, 1.165) is 87.9 Å². The standard InChI is InChI=1S/C22H30N6O2/c1-15-12-19(30-25-15)18-13-23-22(27-10-8-26(2)9-11-27)24-20(18)17-4-3-7-28(14-17)21(29)16-5-6-16/h12-13,16-17H,3-11,14H2,1-2H3. The second-order valence-electron chi connectivity index (χ2n) is 8.99. The lowest BCUT2D eigenvalue weighted by Crippen LogP contribution is -2.45. The number of likely N-dealkylation sites (N-methyl/N-ethyl adjacent to an activating group) is 1. The fraction of sp³-hybridized carbons (Fsp3) is 0.636. The molecule has 1 aliphatic carbocycles. The molecule has 2 aromatic heterocycles. The summed E-state index contributed by atoms with van der Waals surface area (Å²) in [7, 11) is 2.15. The Balaban J connectivity index is 1.46. The summed E-state index contributed by atoms with van der Waals surface area (Å²) in [6, 6.07) is 1.94. The predicted octanol–water partition coefficient (Wildman–Crippen LogP) is 2.31. The summed E-state index contributed by atoms with van der Waals surface area (Å²) in [5.74, 6) is 2.26. The van der Waals surface area contributed by atoms with Crippen molar-refractivity contribution < 1.29 is 9.32 Å². The lowest BCUT2D eigenvalue weighted by Gasteiger charge is -2.35. The second kappa shape index (κ2) is 7.98. The molecule has 1 atom stereocenters. The first-order valence-corrected chi connectivity index (χ1v) is 11.1. The van der Waals surface area contributed by atoms with Crippen LogP contribution >= 0.6 is 0 Å². The molecule has 0 spiro atoms. The minimum Gasteiger partial charge on any atom is -0.356 e. The van der Waals surface area contributed by atoms with Crippen molar-refractivity contribution in [3.8, 4) is 11.3 Å². The molecule has 2 aromatic rings. The van der Waals surface area contributed by atoms with Gasteiger partial charge < -0.3 is 19.2 Å². The SMILES string of the molecule is Cc1cc(-c2cnc(N3CCN(C)CC3)nc2C2CCCN(C(=O)C3CC3)C2)on1. The zero-order chi connectivity index (χ0) is 20.7. The maximum atomic E-state index is 12.7. The highest BCUT2D eigenvalue weighted by Gasteiger charge is 2.36. The quantitative estimate of drug-likeness (QED) is 0.765. The van der Waals surface area contributed by atoms with Crippen LogP contribution in [-0.4, -0.2) is 77.1 Å². The number of likely N-dealkylation sites (tertiary alicyclic amines) is 1. The number of aryl methyl sites for hydroxylation is 1. The van der Waals surface area contributed by atoms with Gasteiger partial charge in [-0.2, -0.15) is 0 Å². The Morgan fingerprint density at radius 1 is 1.13 bits per heavy atom. The van der Waals surface area contributed by atoms with Crippen molar-refractivity contribution in [1.82, 2.24) is 24.9 Å². The third kappa shape index (κ3) is 3.93. The number of hydrogen-bond acceptors (Lipinski definition) is 7. The van der Waals surface area contributed by atoms with Crippen molar-refractivity contribution in [2.75, 3.05) is 51.2 Å². The molecule has 3 fully saturated rings. The second-order valence-corrected chi connectivity index (χ2v) is 8.99. The first-order chi connectivity index (χ1) is 14.6. The van der Waals surface area contributed by atoms with E-state index in [1.54, 1.807) is 0 Å². The van der Waals surface area contributed by atoms with Gasteiger partial charge in [0.15, 0.2) is 5.76 Å². The summed E-state index contributed by atoms with van der Waals surface area (Å²) in [6.07, 6.45) is 6.00. The molecule has 8 heteroatoms. The van der Waals surface area contributed by atoms with Crippen LogP contribution in [0.5, 0.6) is 0 Å². The summed E-state index contributed by atoms with van der Waals surface area (Å²) < 4.78 is 5.57. The molecule has 0 bridgehead atoms. The first kappa shape index (κ1) is 19.5. The molecule has 8 nitrogen and oxygen atoms in total. The van der Waals surface area contributed by atoms with Gasteiger partial charge in [0.05, 0.1) is 17.0 Å². The van der Waals surface area contributed by atoms with E-state index in [9.17, 15) is 4.79 Å². The van der Waals surface area contributed by atoms with Crippen molar-refractivity contribution >= 4 is 11.9 Å². The molecule has 0 radical (unpaired) electrons. The first-order valence-electron chi connectivity index (χ1n) is 11.1. The molecule has 0 aromatic carbocycles. The molecular formula is C22H30N6O2. The summed E-state index contributed by atoms with van der Waals surface area (Å²) in [6.45, 7) is 7.38. The molecule has 1 amide bonds. The molecule has 1 saturated carbocycles. The van der Waals surface area contributed by atoms with Crippen molar-refractivity contribution in [3.05, 3.63) is 23.7 Å². The van der Waals surface area contributed by atoms with Gasteiger partial charge in [0.25, 0.3) is 0 Å². The molecular weight excluding hydrogens is 380 g/mol. The Morgan fingerprint density at radius 3 is 2.63 bits per heavy atom. The van der Waals surface area contributed by atoms with Crippen LogP contribution in [0, 0.1) is 12.8 Å². The molecule has 160 valence electrons. The molecule has 0 N–H and O–H groups in total. The number of amides is 1. The lowest BCUT2D eigenvalue weighted by atomic mass is 9.91. The van der Waals surface area contributed by atoms with Gasteiger partial charge in [0, 0.05) is 63.4 Å². The summed E-state index contributed by atoms with van der Waals surface area (Å²) >= 11 is 0. The van der Waals surface area contributed by atoms with E-state index in [0.29, 0.717) is 11.7 Å². The Hall–Kier alpha value is -2.48. The van der Waals surface area contributed by atoms with E-state index in [1.807, 2.05) is 19.2 Å². The highest BCUT2D eigenvalue weighted by molar-refractivity contribution is 5.81. The Labute approximate surface area is 177 Å². The number of piperazine rings is 1. The fourth-order valence-electron chi connectivity index (χ4n) is 4.52. The smallest absolute Gasteiger partial charge is 0.225 e. The van der Waals surface area contributed by atoms with Gasteiger partial charge in [0.2, 0.25) is 11.9 Å². The number of anilines is 1. The minimum atomic E-state index is 0.191. The maximum absolute atomic E-state index is 12.7. The van der Waals surface area contributed by atoms with Crippen LogP contribution in [0.25, 0.3) is 11.3 Å². The number of piperidine rings is 1. The number of carbonyl (C=O) groups is 1. The molecule has 4 heterocycles. The van der Waals surface area contributed by atoms with E-state index in [-0.39, 0.29) is 11.8 Å². The summed E-state index contributed by atoms with van der Waals surface area (Å²) in [5.41, 5.74) is 2.73. The normalized spacial score (nSPS) is 23.1. The van der Waals surface area contributed by atoms with E-state index in [4.69, 9.17) is 9.51 Å². The predicted molar refractivity (Wildman–Crippen MR) is 113 cm³/mol. The van der Waals surface area contributed by atoms with Crippen LogP contribution in [0.2, 0.25) is 0 Å². The van der Waals surface area contributed by atoms with Gasteiger partial charge in [-0.25, -0.2) is 9.97 Å². The highest BCUT2D eigenvalue weighted by atomic mass is 16.5. The molecule has 2 saturated heterocycles. The number of aromatic nitrogens is 3. The Bertz CT molecular complexity index is 916. The highest BCUT2D eigenvalue weighted by Crippen LogP contribution is 2.37. The third-order valence-electron chi connectivity index (χ3n) is 6.53. The maximum Gasteiger partial charge on any atom is 0.225 e. The largest absolute Gasteiger partial charge is 0.356 e. The third-order valence-corrected chi connectivity index (χ3v) is 6.53. The fourth-order valence-corrected chi connectivity index (χ4v) is 4.52. The van der Waals surface area contributed by atoms with Gasteiger partial charge >= 0.3 is 0 Å². The molecule has 2 aliphatic heterocycles. The van der Waals surface area contributed by atoms with Crippen LogP contribution in [0.15, 0.2) is 16.8 Å². The number of carbonyl (C=O) groups excluding carboxylic acids is 1. The molecule has 30 heavy (non-hydrogen) atoms.